The SMILES string of the molecule is Cc1ccc(CC(=O)COc2ccccc2C2SC(c3ccc(F)cc3)=NN2C(=O)c2c(F)cc(F)cc2F)nc1. The van der Waals surface area contributed by atoms with Gasteiger partial charge in [0.25, 0.3) is 5.91 Å². The Bertz CT molecular complexity index is 1620. The predicted octanol–water partition coefficient (Wildman–Crippen LogP) is 6.39. The van der Waals surface area contributed by atoms with Crippen molar-refractivity contribution < 1.29 is 31.9 Å². The van der Waals surface area contributed by atoms with Gasteiger partial charge in [-0.3, -0.25) is 14.6 Å². The number of amides is 1. The summed E-state index contributed by atoms with van der Waals surface area (Å²) in [6.07, 6.45) is 1.71. The summed E-state index contributed by atoms with van der Waals surface area (Å²) < 4.78 is 62.1. The molecule has 4 aromatic rings. The molecule has 0 bridgehead atoms. The second kappa shape index (κ2) is 11.9. The van der Waals surface area contributed by atoms with Crippen molar-refractivity contribution in [1.29, 1.82) is 0 Å². The molecule has 0 saturated heterocycles. The summed E-state index contributed by atoms with van der Waals surface area (Å²) in [5, 5.41) is 4.45. The number of carbonyl (C=O) groups is 2. The standard InChI is InChI=1S/C30H21F4N3O3S/c1-17-6-11-21(35-15-17)14-22(38)16-40-26-5-3-2-4-23(26)30-37(29(39)27-24(33)12-20(32)13-25(27)34)36-28(41-30)18-7-9-19(31)10-8-18/h2-13,15,30H,14,16H2,1H3. The average Bonchev–Trinajstić information content (AvgIpc) is 3.38. The van der Waals surface area contributed by atoms with Crippen LogP contribution >= 0.6 is 11.8 Å². The Hall–Kier alpha value is -4.51. The Kier molecular flexibility index (Phi) is 8.16. The van der Waals surface area contributed by atoms with Gasteiger partial charge in [-0.1, -0.05) is 36.0 Å². The molecule has 0 saturated carbocycles. The zero-order valence-electron chi connectivity index (χ0n) is 21.5. The van der Waals surface area contributed by atoms with Crippen molar-refractivity contribution in [3.05, 3.63) is 130 Å². The van der Waals surface area contributed by atoms with Gasteiger partial charge in [0.2, 0.25) is 0 Å². The Balaban J connectivity index is 1.45. The molecule has 11 heteroatoms. The topological polar surface area (TPSA) is 71.9 Å². The van der Waals surface area contributed by atoms with Crippen LogP contribution in [0, 0.1) is 30.2 Å². The molecule has 3 aromatic carbocycles. The van der Waals surface area contributed by atoms with E-state index in [0.29, 0.717) is 29.0 Å². The first-order chi connectivity index (χ1) is 19.7. The maximum Gasteiger partial charge on any atom is 0.281 e. The molecule has 1 aromatic heterocycles. The number of hydrogen-bond acceptors (Lipinski definition) is 6. The third-order valence-electron chi connectivity index (χ3n) is 6.09. The predicted molar refractivity (Wildman–Crippen MR) is 145 cm³/mol. The summed E-state index contributed by atoms with van der Waals surface area (Å²) in [5.41, 5.74) is 1.40. The summed E-state index contributed by atoms with van der Waals surface area (Å²) in [4.78, 5) is 30.3. The average molecular weight is 580 g/mol. The van der Waals surface area contributed by atoms with Crippen molar-refractivity contribution in [1.82, 2.24) is 9.99 Å². The number of pyridine rings is 1. The third kappa shape index (κ3) is 6.30. The molecule has 6 nitrogen and oxygen atoms in total. The van der Waals surface area contributed by atoms with Crippen LogP contribution in [-0.2, 0) is 11.2 Å². The molecule has 1 amide bonds. The maximum atomic E-state index is 14.6. The van der Waals surface area contributed by atoms with Gasteiger partial charge in [-0.2, -0.15) is 5.10 Å². The Morgan fingerprint density at radius 2 is 1.63 bits per heavy atom. The van der Waals surface area contributed by atoms with Crippen LogP contribution in [0.2, 0.25) is 0 Å². The Morgan fingerprint density at radius 3 is 2.32 bits per heavy atom. The molecular weight excluding hydrogens is 558 g/mol. The fourth-order valence-corrected chi connectivity index (χ4v) is 5.27. The highest BCUT2D eigenvalue weighted by Crippen LogP contribution is 2.45. The molecule has 208 valence electrons. The molecule has 0 N–H and O–H groups in total. The zero-order chi connectivity index (χ0) is 29.1. The molecule has 0 fully saturated rings. The van der Waals surface area contributed by atoms with Gasteiger partial charge >= 0.3 is 0 Å². The van der Waals surface area contributed by atoms with Crippen LogP contribution in [-0.4, -0.2) is 33.3 Å². The van der Waals surface area contributed by atoms with Crippen LogP contribution in [0.5, 0.6) is 5.75 Å². The number of aromatic nitrogens is 1. The monoisotopic (exact) mass is 579 g/mol. The van der Waals surface area contributed by atoms with E-state index in [9.17, 15) is 27.2 Å². The van der Waals surface area contributed by atoms with Gasteiger partial charge in [-0.15, -0.1) is 0 Å². The van der Waals surface area contributed by atoms with Crippen LogP contribution in [0.15, 0.2) is 84.1 Å². The normalized spacial score (nSPS) is 14.6. The van der Waals surface area contributed by atoms with Crippen LogP contribution in [0.25, 0.3) is 0 Å². The van der Waals surface area contributed by atoms with Gasteiger partial charge in [0.05, 0.1) is 6.42 Å². The Labute approximate surface area is 236 Å². The van der Waals surface area contributed by atoms with E-state index in [1.807, 2.05) is 13.0 Å². The largest absolute Gasteiger partial charge is 0.485 e. The number of Topliss-reactive ketones (excluding diaryl/α,β-unsaturated/α-hetero) is 1. The highest BCUT2D eigenvalue weighted by atomic mass is 32.2. The van der Waals surface area contributed by atoms with Crippen molar-refractivity contribution in [3.63, 3.8) is 0 Å². The minimum atomic E-state index is -1.39. The van der Waals surface area contributed by atoms with Gasteiger partial charge in [0, 0.05) is 35.2 Å². The fourth-order valence-electron chi connectivity index (χ4n) is 4.09. The van der Waals surface area contributed by atoms with Crippen LogP contribution in [0.1, 0.15) is 38.1 Å². The molecule has 1 aliphatic heterocycles. The number of rotatable bonds is 8. The molecule has 0 radical (unpaired) electrons. The number of hydrazone groups is 1. The van der Waals surface area contributed by atoms with Crippen molar-refractivity contribution in [2.75, 3.05) is 6.61 Å². The van der Waals surface area contributed by atoms with E-state index < -0.39 is 40.1 Å². The second-order valence-corrected chi connectivity index (χ2v) is 10.2. The van der Waals surface area contributed by atoms with E-state index in [2.05, 4.69) is 10.1 Å². The maximum absolute atomic E-state index is 14.6. The number of thioether (sulfide) groups is 1. The number of nitrogens with zero attached hydrogens (tertiary/aromatic N) is 3. The van der Waals surface area contributed by atoms with Crippen molar-refractivity contribution in [2.24, 2.45) is 5.10 Å². The van der Waals surface area contributed by atoms with Crippen LogP contribution in [0.3, 0.4) is 0 Å². The molecule has 1 unspecified atom stereocenters. The summed E-state index contributed by atoms with van der Waals surface area (Å²) in [7, 11) is 0. The molecule has 2 heterocycles. The first kappa shape index (κ1) is 28.0. The zero-order valence-corrected chi connectivity index (χ0v) is 22.3. The van der Waals surface area contributed by atoms with Gasteiger partial charge in [-0.05, 0) is 48.9 Å². The first-order valence-electron chi connectivity index (χ1n) is 12.3. The Morgan fingerprint density at radius 1 is 0.927 bits per heavy atom. The highest BCUT2D eigenvalue weighted by Gasteiger charge is 2.38. The second-order valence-electron chi connectivity index (χ2n) is 9.15. The molecule has 41 heavy (non-hydrogen) atoms. The lowest BCUT2D eigenvalue weighted by atomic mass is 10.1. The summed E-state index contributed by atoms with van der Waals surface area (Å²) in [6.45, 7) is 1.59. The summed E-state index contributed by atoms with van der Waals surface area (Å²) >= 11 is 1.06. The van der Waals surface area contributed by atoms with E-state index in [1.54, 1.807) is 36.5 Å². The summed E-state index contributed by atoms with van der Waals surface area (Å²) in [5.74, 6) is -5.61. The van der Waals surface area contributed by atoms with Crippen molar-refractivity contribution in [3.8, 4) is 5.75 Å². The van der Waals surface area contributed by atoms with E-state index in [1.165, 1.54) is 24.3 Å². The third-order valence-corrected chi connectivity index (χ3v) is 7.31. The quantitative estimate of drug-likeness (QED) is 0.227. The molecule has 1 aliphatic rings. The number of ether oxygens (including phenoxy) is 1. The molecule has 0 aliphatic carbocycles. The summed E-state index contributed by atoms with van der Waals surface area (Å²) in [6, 6.07) is 16.3. The first-order valence-corrected chi connectivity index (χ1v) is 13.2. The lowest BCUT2D eigenvalue weighted by Gasteiger charge is -2.23. The number of para-hydroxylation sites is 1. The number of ketones is 1. The van der Waals surface area contributed by atoms with E-state index in [4.69, 9.17) is 4.74 Å². The molecule has 1 atom stereocenters. The minimum absolute atomic E-state index is 0.0478. The number of carbonyl (C=O) groups excluding carboxylic acids is 2. The smallest absolute Gasteiger partial charge is 0.281 e. The lowest BCUT2D eigenvalue weighted by molar-refractivity contribution is -0.120. The van der Waals surface area contributed by atoms with Crippen molar-refractivity contribution >= 4 is 28.5 Å². The number of aryl methyl sites for hydroxylation is 1. The van der Waals surface area contributed by atoms with E-state index in [-0.39, 0.29) is 29.6 Å². The van der Waals surface area contributed by atoms with Crippen LogP contribution in [0.4, 0.5) is 17.6 Å². The van der Waals surface area contributed by atoms with Gasteiger partial charge < -0.3 is 4.74 Å². The van der Waals surface area contributed by atoms with Gasteiger partial charge in [0.1, 0.15) is 51.6 Å². The fraction of sp³-hybridized carbons (Fsp3) is 0.133. The van der Waals surface area contributed by atoms with E-state index in [0.717, 1.165) is 22.3 Å². The van der Waals surface area contributed by atoms with Gasteiger partial charge in [-0.25, -0.2) is 22.6 Å². The van der Waals surface area contributed by atoms with Gasteiger partial charge in [0.15, 0.2) is 5.78 Å². The molecule has 5 rings (SSSR count). The lowest BCUT2D eigenvalue weighted by Crippen LogP contribution is -2.28. The van der Waals surface area contributed by atoms with E-state index >= 15 is 0 Å². The number of benzene rings is 3. The molecular formula is C30H21F4N3O3S. The highest BCUT2D eigenvalue weighted by molar-refractivity contribution is 8.14. The molecule has 0 spiro atoms. The number of halogens is 4. The van der Waals surface area contributed by atoms with Crippen molar-refractivity contribution in [2.45, 2.75) is 18.7 Å². The van der Waals surface area contributed by atoms with Crippen LogP contribution < -0.4 is 4.74 Å². The minimum Gasteiger partial charge on any atom is -0.485 e. The number of hydrogen-bond donors (Lipinski definition) is 0.